The van der Waals surface area contributed by atoms with Gasteiger partial charge in [-0.1, -0.05) is 20.8 Å². The van der Waals surface area contributed by atoms with E-state index < -0.39 is 11.5 Å². The number of nitrogens with two attached hydrogens (primary N) is 1. The number of aromatic amines is 1. The molecule has 0 saturated heterocycles. The Morgan fingerprint density at radius 2 is 2.22 bits per heavy atom. The molecule has 4 nitrogen and oxygen atoms in total. The summed E-state index contributed by atoms with van der Waals surface area (Å²) in [6, 6.07) is 3.41. The van der Waals surface area contributed by atoms with E-state index in [0.717, 1.165) is 16.6 Å². The fourth-order valence-corrected chi connectivity index (χ4v) is 2.07. The quantitative estimate of drug-likeness (QED) is 0.869. The highest BCUT2D eigenvalue weighted by molar-refractivity contribution is 5.89. The third-order valence-electron chi connectivity index (χ3n) is 3.05. The van der Waals surface area contributed by atoms with E-state index in [-0.39, 0.29) is 5.78 Å². The lowest BCUT2D eigenvalue weighted by Gasteiger charge is -2.21. The maximum atomic E-state index is 12.1. The van der Waals surface area contributed by atoms with Crippen molar-refractivity contribution in [2.24, 2.45) is 11.1 Å². The van der Waals surface area contributed by atoms with Crippen LogP contribution in [-0.2, 0) is 11.2 Å². The van der Waals surface area contributed by atoms with Crippen molar-refractivity contribution in [2.75, 3.05) is 0 Å². The first-order valence-electron chi connectivity index (χ1n) is 6.10. The third kappa shape index (κ3) is 2.43. The van der Waals surface area contributed by atoms with Gasteiger partial charge >= 0.3 is 0 Å². The van der Waals surface area contributed by atoms with Crippen molar-refractivity contribution in [3.8, 4) is 0 Å². The van der Waals surface area contributed by atoms with Gasteiger partial charge in [-0.05, 0) is 24.1 Å². The minimum Gasteiger partial charge on any atom is -0.346 e. The Morgan fingerprint density at radius 1 is 1.50 bits per heavy atom. The van der Waals surface area contributed by atoms with Crippen molar-refractivity contribution in [1.29, 1.82) is 0 Å². The smallest absolute Gasteiger partial charge is 0.155 e. The van der Waals surface area contributed by atoms with Crippen LogP contribution in [0.1, 0.15) is 26.3 Å². The Kier molecular flexibility index (Phi) is 3.22. The number of rotatable bonds is 3. The zero-order valence-corrected chi connectivity index (χ0v) is 11.0. The van der Waals surface area contributed by atoms with Gasteiger partial charge in [0.25, 0.3) is 0 Å². The lowest BCUT2D eigenvalue weighted by atomic mass is 9.85. The van der Waals surface area contributed by atoms with Crippen LogP contribution in [0.4, 0.5) is 0 Å². The minimum absolute atomic E-state index is 0.0840. The van der Waals surface area contributed by atoms with Gasteiger partial charge in [0.15, 0.2) is 5.78 Å². The molecule has 2 heterocycles. The Labute approximate surface area is 107 Å². The van der Waals surface area contributed by atoms with E-state index in [4.69, 9.17) is 5.73 Å². The number of Topliss-reactive ketones (excluding diaryl/α,β-unsaturated/α-hetero) is 1. The molecule has 0 fully saturated rings. The second-order valence-corrected chi connectivity index (χ2v) is 5.64. The van der Waals surface area contributed by atoms with Gasteiger partial charge in [0.2, 0.25) is 0 Å². The van der Waals surface area contributed by atoms with Gasteiger partial charge in [-0.15, -0.1) is 0 Å². The van der Waals surface area contributed by atoms with Crippen molar-refractivity contribution in [2.45, 2.75) is 33.2 Å². The molecule has 0 aliphatic carbocycles. The normalized spacial score (nSPS) is 13.8. The van der Waals surface area contributed by atoms with Gasteiger partial charge in [0, 0.05) is 23.2 Å². The first-order chi connectivity index (χ1) is 8.39. The summed E-state index contributed by atoms with van der Waals surface area (Å²) in [7, 11) is 0. The fourth-order valence-electron chi connectivity index (χ4n) is 2.07. The minimum atomic E-state index is -0.468. The highest BCUT2D eigenvalue weighted by atomic mass is 16.1. The summed E-state index contributed by atoms with van der Waals surface area (Å²) in [4.78, 5) is 19.4. The molecule has 96 valence electrons. The molecule has 1 atom stereocenters. The highest BCUT2D eigenvalue weighted by Crippen LogP contribution is 2.21. The molecular formula is C14H19N3O. The largest absolute Gasteiger partial charge is 0.346 e. The molecule has 0 amide bonds. The average molecular weight is 245 g/mol. The summed E-state index contributed by atoms with van der Waals surface area (Å²) in [5.74, 6) is 0.0840. The third-order valence-corrected chi connectivity index (χ3v) is 3.05. The van der Waals surface area contributed by atoms with Crippen LogP contribution < -0.4 is 5.73 Å². The van der Waals surface area contributed by atoms with Crippen LogP contribution in [0.5, 0.6) is 0 Å². The summed E-state index contributed by atoms with van der Waals surface area (Å²) < 4.78 is 0. The van der Waals surface area contributed by atoms with Gasteiger partial charge in [0.1, 0.15) is 5.65 Å². The van der Waals surface area contributed by atoms with Gasteiger partial charge in [-0.2, -0.15) is 0 Å². The zero-order chi connectivity index (χ0) is 13.3. The molecular weight excluding hydrogens is 226 g/mol. The molecule has 4 heteroatoms. The van der Waals surface area contributed by atoms with Gasteiger partial charge in [0.05, 0.1) is 6.04 Å². The molecule has 0 spiro atoms. The van der Waals surface area contributed by atoms with Gasteiger partial charge in [-0.25, -0.2) is 4.98 Å². The summed E-state index contributed by atoms with van der Waals surface area (Å²) in [5.41, 5.74) is 7.48. The van der Waals surface area contributed by atoms with E-state index in [0.29, 0.717) is 6.42 Å². The standard InChI is InChI=1S/C14H19N3O/c1-14(2,3)12(18)11(15)7-9-8-17-13-10(9)5-4-6-16-13/h4-6,8,11H,7,15H2,1-3H3,(H,16,17). The lowest BCUT2D eigenvalue weighted by Crippen LogP contribution is -2.40. The fraction of sp³-hybridized carbons (Fsp3) is 0.429. The molecule has 0 bridgehead atoms. The summed E-state index contributed by atoms with van der Waals surface area (Å²) in [5, 5.41) is 1.04. The number of ketones is 1. The molecule has 18 heavy (non-hydrogen) atoms. The number of carbonyl (C=O) groups excluding carboxylic acids is 1. The first-order valence-corrected chi connectivity index (χ1v) is 6.10. The maximum Gasteiger partial charge on any atom is 0.155 e. The number of fused-ring (bicyclic) bond motifs is 1. The van der Waals surface area contributed by atoms with E-state index in [2.05, 4.69) is 9.97 Å². The number of H-pyrrole nitrogens is 1. The van der Waals surface area contributed by atoms with Crippen LogP contribution in [0.25, 0.3) is 11.0 Å². The molecule has 2 aromatic rings. The molecule has 0 saturated carbocycles. The highest BCUT2D eigenvalue weighted by Gasteiger charge is 2.27. The van der Waals surface area contributed by atoms with Crippen LogP contribution in [0, 0.1) is 5.41 Å². The number of nitrogens with zero attached hydrogens (tertiary/aromatic N) is 1. The summed E-state index contributed by atoms with van der Waals surface area (Å²) in [6.45, 7) is 5.68. The molecule has 0 aliphatic rings. The summed E-state index contributed by atoms with van der Waals surface area (Å²) in [6.07, 6.45) is 4.16. The number of hydrogen-bond donors (Lipinski definition) is 2. The van der Waals surface area contributed by atoms with Crippen molar-refractivity contribution in [3.05, 3.63) is 30.1 Å². The Bertz CT molecular complexity index is 566. The van der Waals surface area contributed by atoms with Crippen LogP contribution in [0.3, 0.4) is 0 Å². The number of hydrogen-bond acceptors (Lipinski definition) is 3. The average Bonchev–Trinajstić information content (AvgIpc) is 2.70. The van der Waals surface area contributed by atoms with E-state index in [1.807, 2.05) is 39.1 Å². The Morgan fingerprint density at radius 3 is 2.89 bits per heavy atom. The predicted molar refractivity (Wildman–Crippen MR) is 72.2 cm³/mol. The van der Waals surface area contributed by atoms with Crippen molar-refractivity contribution < 1.29 is 4.79 Å². The number of pyridine rings is 1. The van der Waals surface area contributed by atoms with Crippen molar-refractivity contribution in [1.82, 2.24) is 9.97 Å². The van der Waals surface area contributed by atoms with Crippen molar-refractivity contribution >= 4 is 16.8 Å². The van der Waals surface area contributed by atoms with Crippen LogP contribution in [-0.4, -0.2) is 21.8 Å². The topological polar surface area (TPSA) is 71.8 Å². The maximum absolute atomic E-state index is 12.1. The molecule has 2 rings (SSSR count). The summed E-state index contributed by atoms with van der Waals surface area (Å²) >= 11 is 0. The second-order valence-electron chi connectivity index (χ2n) is 5.64. The van der Waals surface area contributed by atoms with E-state index in [9.17, 15) is 4.79 Å². The number of carbonyl (C=O) groups is 1. The number of aromatic nitrogens is 2. The van der Waals surface area contributed by atoms with E-state index in [1.165, 1.54) is 0 Å². The molecule has 0 aromatic carbocycles. The molecule has 2 aromatic heterocycles. The lowest BCUT2D eigenvalue weighted by molar-refractivity contribution is -0.127. The Hall–Kier alpha value is -1.68. The predicted octanol–water partition coefficient (Wildman–Crippen LogP) is 2.05. The SMILES string of the molecule is CC(C)(C)C(=O)C(N)Cc1c[nH]c2ncccc12. The van der Waals surface area contributed by atoms with Crippen LogP contribution in [0.15, 0.2) is 24.5 Å². The van der Waals surface area contributed by atoms with Gasteiger partial charge < -0.3 is 10.7 Å². The van der Waals surface area contributed by atoms with Gasteiger partial charge in [-0.3, -0.25) is 4.79 Å². The van der Waals surface area contributed by atoms with Crippen LogP contribution in [0.2, 0.25) is 0 Å². The molecule has 3 N–H and O–H groups in total. The molecule has 0 aliphatic heterocycles. The Balaban J connectivity index is 2.22. The molecule has 1 unspecified atom stereocenters. The van der Waals surface area contributed by atoms with Crippen LogP contribution >= 0.6 is 0 Å². The second kappa shape index (κ2) is 4.53. The zero-order valence-electron chi connectivity index (χ0n) is 11.0. The van der Waals surface area contributed by atoms with Crippen molar-refractivity contribution in [3.63, 3.8) is 0 Å². The molecule has 0 radical (unpaired) electrons. The van der Waals surface area contributed by atoms with E-state index >= 15 is 0 Å². The first kappa shape index (κ1) is 12.8. The monoisotopic (exact) mass is 245 g/mol. The van der Waals surface area contributed by atoms with E-state index in [1.54, 1.807) is 6.20 Å². The number of nitrogens with one attached hydrogen (secondary N) is 1.